The van der Waals surface area contributed by atoms with Crippen LogP contribution >= 0.6 is 11.3 Å². The van der Waals surface area contributed by atoms with E-state index >= 15 is 0 Å². The highest BCUT2D eigenvalue weighted by atomic mass is 32.1. The molecule has 0 aliphatic carbocycles. The van der Waals surface area contributed by atoms with Crippen molar-refractivity contribution in [3.05, 3.63) is 53.8 Å². The average Bonchev–Trinajstić information content (AvgIpc) is 3.09. The second kappa shape index (κ2) is 8.24. The van der Waals surface area contributed by atoms with Crippen LogP contribution in [0.15, 0.2) is 42.5 Å². The number of nitrogens with one attached hydrogen (secondary N) is 1. The Hall–Kier alpha value is -2.51. The maximum absolute atomic E-state index is 13.3. The van der Waals surface area contributed by atoms with Crippen molar-refractivity contribution in [2.75, 3.05) is 13.1 Å². The van der Waals surface area contributed by atoms with Gasteiger partial charge in [-0.05, 0) is 42.7 Å². The Morgan fingerprint density at radius 3 is 2.71 bits per heavy atom. The van der Waals surface area contributed by atoms with Crippen molar-refractivity contribution < 1.29 is 13.9 Å². The second-order valence-corrected chi connectivity index (χ2v) is 7.99. The molecule has 1 amide bonds. The van der Waals surface area contributed by atoms with Crippen molar-refractivity contribution in [1.29, 1.82) is 0 Å². The third kappa shape index (κ3) is 4.48. The number of benzene rings is 2. The SMILES string of the molecule is CC(=O)N1CCC(NCc2ccc(Oc3nc4cc(F)ccc4s3)cc2)CC1. The van der Waals surface area contributed by atoms with Gasteiger partial charge >= 0.3 is 0 Å². The van der Waals surface area contributed by atoms with Crippen LogP contribution in [0.1, 0.15) is 25.3 Å². The number of amides is 1. The maximum Gasteiger partial charge on any atom is 0.279 e. The lowest BCUT2D eigenvalue weighted by Crippen LogP contribution is -2.43. The normalized spacial score (nSPS) is 15.1. The molecule has 7 heteroatoms. The molecule has 0 unspecified atom stereocenters. The van der Waals surface area contributed by atoms with Crippen molar-refractivity contribution in [3.63, 3.8) is 0 Å². The van der Waals surface area contributed by atoms with E-state index in [2.05, 4.69) is 10.3 Å². The summed E-state index contributed by atoms with van der Waals surface area (Å²) in [6.45, 7) is 4.06. The average molecular weight is 399 g/mol. The number of hydrogen-bond acceptors (Lipinski definition) is 5. The minimum Gasteiger partial charge on any atom is -0.431 e. The number of nitrogens with zero attached hydrogens (tertiary/aromatic N) is 2. The monoisotopic (exact) mass is 399 g/mol. The molecular weight excluding hydrogens is 377 g/mol. The number of ether oxygens (including phenoxy) is 1. The molecule has 4 rings (SSSR count). The summed E-state index contributed by atoms with van der Waals surface area (Å²) >= 11 is 1.40. The number of fused-ring (bicyclic) bond motifs is 1. The lowest BCUT2D eigenvalue weighted by Gasteiger charge is -2.31. The summed E-state index contributed by atoms with van der Waals surface area (Å²) in [5, 5.41) is 4.07. The molecule has 0 bridgehead atoms. The first-order valence-corrected chi connectivity index (χ1v) is 10.2. The van der Waals surface area contributed by atoms with E-state index in [9.17, 15) is 9.18 Å². The number of carbonyl (C=O) groups excluding carboxylic acids is 1. The summed E-state index contributed by atoms with van der Waals surface area (Å²) in [5.74, 6) is 0.568. The van der Waals surface area contributed by atoms with Gasteiger partial charge in [0, 0.05) is 38.7 Å². The zero-order valence-corrected chi connectivity index (χ0v) is 16.5. The lowest BCUT2D eigenvalue weighted by atomic mass is 10.0. The number of thiazole rings is 1. The second-order valence-electron chi connectivity index (χ2n) is 7.00. The zero-order chi connectivity index (χ0) is 19.5. The van der Waals surface area contributed by atoms with Gasteiger partial charge in [0.2, 0.25) is 5.91 Å². The Bertz CT molecular complexity index is 965. The first-order chi connectivity index (χ1) is 13.6. The number of rotatable bonds is 5. The predicted molar refractivity (Wildman–Crippen MR) is 108 cm³/mol. The van der Waals surface area contributed by atoms with Crippen molar-refractivity contribution in [2.24, 2.45) is 0 Å². The van der Waals surface area contributed by atoms with Crippen LogP contribution in [0.4, 0.5) is 4.39 Å². The molecule has 1 aromatic heterocycles. The van der Waals surface area contributed by atoms with Crippen LogP contribution in [0.2, 0.25) is 0 Å². The van der Waals surface area contributed by atoms with Crippen LogP contribution in [-0.2, 0) is 11.3 Å². The minimum atomic E-state index is -0.298. The molecular formula is C21H22FN3O2S. The minimum absolute atomic E-state index is 0.160. The van der Waals surface area contributed by atoms with E-state index in [-0.39, 0.29) is 11.7 Å². The van der Waals surface area contributed by atoms with Gasteiger partial charge < -0.3 is 15.0 Å². The van der Waals surface area contributed by atoms with E-state index in [1.165, 1.54) is 29.0 Å². The van der Waals surface area contributed by atoms with Gasteiger partial charge in [0.05, 0.1) is 10.2 Å². The van der Waals surface area contributed by atoms with Gasteiger partial charge in [-0.15, -0.1) is 0 Å². The first-order valence-electron chi connectivity index (χ1n) is 9.38. The van der Waals surface area contributed by atoms with E-state index < -0.39 is 0 Å². The third-order valence-electron chi connectivity index (χ3n) is 4.99. The molecule has 1 N–H and O–H groups in total. The molecule has 5 nitrogen and oxygen atoms in total. The molecule has 1 aliphatic heterocycles. The molecule has 0 radical (unpaired) electrons. The fourth-order valence-electron chi connectivity index (χ4n) is 3.36. The molecule has 0 atom stereocenters. The highest BCUT2D eigenvalue weighted by molar-refractivity contribution is 7.20. The van der Waals surface area contributed by atoms with Gasteiger partial charge in [0.15, 0.2) is 0 Å². The summed E-state index contributed by atoms with van der Waals surface area (Å²) in [7, 11) is 0. The molecule has 0 spiro atoms. The van der Waals surface area contributed by atoms with Crippen molar-refractivity contribution in [1.82, 2.24) is 15.2 Å². The third-order valence-corrected chi connectivity index (χ3v) is 5.91. The number of halogens is 1. The number of piperidine rings is 1. The fraction of sp³-hybridized carbons (Fsp3) is 0.333. The number of carbonyl (C=O) groups is 1. The fourth-order valence-corrected chi connectivity index (χ4v) is 4.18. The van der Waals surface area contributed by atoms with E-state index in [0.29, 0.717) is 22.5 Å². The summed E-state index contributed by atoms with van der Waals surface area (Å²) in [6.07, 6.45) is 1.97. The van der Waals surface area contributed by atoms with Crippen LogP contribution in [-0.4, -0.2) is 34.9 Å². The van der Waals surface area contributed by atoms with Crippen molar-refractivity contribution in [2.45, 2.75) is 32.4 Å². The highest BCUT2D eigenvalue weighted by Gasteiger charge is 2.20. The lowest BCUT2D eigenvalue weighted by molar-refractivity contribution is -0.129. The van der Waals surface area contributed by atoms with Crippen LogP contribution in [0.3, 0.4) is 0 Å². The molecule has 146 valence electrons. The van der Waals surface area contributed by atoms with Gasteiger partial charge in [-0.25, -0.2) is 9.37 Å². The molecule has 28 heavy (non-hydrogen) atoms. The van der Waals surface area contributed by atoms with Crippen LogP contribution in [0.5, 0.6) is 10.9 Å². The van der Waals surface area contributed by atoms with E-state index in [1.54, 1.807) is 13.0 Å². The Morgan fingerprint density at radius 1 is 1.25 bits per heavy atom. The van der Waals surface area contributed by atoms with Gasteiger partial charge in [0.25, 0.3) is 5.19 Å². The van der Waals surface area contributed by atoms with Gasteiger partial charge in [-0.3, -0.25) is 4.79 Å². The smallest absolute Gasteiger partial charge is 0.279 e. The molecule has 2 aromatic carbocycles. The Balaban J connectivity index is 1.30. The number of aromatic nitrogens is 1. The van der Waals surface area contributed by atoms with Crippen molar-refractivity contribution >= 4 is 27.5 Å². The van der Waals surface area contributed by atoms with Gasteiger partial charge in [-0.1, -0.05) is 23.5 Å². The quantitative estimate of drug-likeness (QED) is 0.694. The Morgan fingerprint density at radius 2 is 2.00 bits per heavy atom. The van der Waals surface area contributed by atoms with Crippen LogP contribution in [0, 0.1) is 5.82 Å². The summed E-state index contributed by atoms with van der Waals surface area (Å²) in [5.41, 5.74) is 1.78. The highest BCUT2D eigenvalue weighted by Crippen LogP contribution is 2.31. The summed E-state index contributed by atoms with van der Waals surface area (Å²) in [6, 6.07) is 12.9. The Kier molecular flexibility index (Phi) is 5.54. The van der Waals surface area contributed by atoms with Crippen molar-refractivity contribution in [3.8, 4) is 10.9 Å². The van der Waals surface area contributed by atoms with E-state index in [4.69, 9.17) is 4.74 Å². The predicted octanol–water partition coefficient (Wildman–Crippen LogP) is 4.33. The Labute approximate surface area is 167 Å². The molecule has 1 saturated heterocycles. The number of likely N-dealkylation sites (tertiary alicyclic amines) is 1. The topological polar surface area (TPSA) is 54.5 Å². The maximum atomic E-state index is 13.3. The molecule has 1 aliphatic rings. The molecule has 2 heterocycles. The van der Waals surface area contributed by atoms with Crippen LogP contribution < -0.4 is 10.1 Å². The standard InChI is InChI=1S/C21H22FN3O2S/c1-14(26)25-10-8-17(9-11-25)23-13-15-2-5-18(6-3-15)27-21-24-19-12-16(22)4-7-20(19)28-21/h2-7,12,17,23H,8-11,13H2,1H3. The summed E-state index contributed by atoms with van der Waals surface area (Å²) in [4.78, 5) is 17.6. The molecule has 0 saturated carbocycles. The summed E-state index contributed by atoms with van der Waals surface area (Å²) < 4.78 is 20.0. The van der Waals surface area contributed by atoms with Crippen LogP contribution in [0.25, 0.3) is 10.2 Å². The molecule has 1 fully saturated rings. The first kappa shape index (κ1) is 18.8. The largest absolute Gasteiger partial charge is 0.431 e. The van der Waals surface area contributed by atoms with Gasteiger partial charge in [0.1, 0.15) is 11.6 Å². The zero-order valence-electron chi connectivity index (χ0n) is 15.7. The number of hydrogen-bond donors (Lipinski definition) is 1. The van der Waals surface area contributed by atoms with E-state index in [0.717, 1.165) is 37.2 Å². The molecule has 3 aromatic rings. The van der Waals surface area contributed by atoms with E-state index in [1.807, 2.05) is 29.2 Å². The van der Waals surface area contributed by atoms with Gasteiger partial charge in [-0.2, -0.15) is 0 Å².